The van der Waals surface area contributed by atoms with Crippen LogP contribution in [0.3, 0.4) is 0 Å². The molecule has 0 atom stereocenters. The molecule has 25 heavy (non-hydrogen) atoms. The molecule has 2 aromatic carbocycles. The number of likely N-dealkylation sites (tertiary alicyclic amines) is 1. The molecule has 0 amide bonds. The summed E-state index contributed by atoms with van der Waals surface area (Å²) in [7, 11) is 0. The number of hydrogen-bond acceptors (Lipinski definition) is 2. The van der Waals surface area contributed by atoms with E-state index in [0.717, 1.165) is 28.8 Å². The van der Waals surface area contributed by atoms with Gasteiger partial charge in [-0.3, -0.25) is 9.69 Å². The zero-order valence-electron chi connectivity index (χ0n) is 15.3. The number of likely N-dealkylation sites (N-methyl/N-ethyl adjacent to an activating group) is 1. The molecule has 2 nitrogen and oxygen atoms in total. The Morgan fingerprint density at radius 3 is 1.76 bits per heavy atom. The van der Waals surface area contributed by atoms with E-state index < -0.39 is 0 Å². The first-order valence-corrected chi connectivity index (χ1v) is 8.86. The third kappa shape index (κ3) is 4.34. The highest BCUT2D eigenvalue weighted by atomic mass is 16.1. The minimum Gasteiger partial charge on any atom is -0.295 e. The van der Waals surface area contributed by atoms with Crippen LogP contribution in [0.2, 0.25) is 0 Å². The number of aryl methyl sites for hydroxylation is 2. The van der Waals surface area contributed by atoms with Gasteiger partial charge in [-0.25, -0.2) is 0 Å². The van der Waals surface area contributed by atoms with Crippen LogP contribution in [-0.4, -0.2) is 30.3 Å². The summed E-state index contributed by atoms with van der Waals surface area (Å²) in [4.78, 5) is 15.3. The molecule has 1 aliphatic heterocycles. The van der Waals surface area contributed by atoms with Crippen molar-refractivity contribution < 1.29 is 4.79 Å². The first-order valence-electron chi connectivity index (χ1n) is 8.86. The molecule has 128 valence electrons. The van der Waals surface area contributed by atoms with Crippen LogP contribution in [0.15, 0.2) is 59.7 Å². The van der Waals surface area contributed by atoms with E-state index in [1.54, 1.807) is 0 Å². The summed E-state index contributed by atoms with van der Waals surface area (Å²) >= 11 is 0. The number of benzene rings is 2. The van der Waals surface area contributed by atoms with E-state index in [-0.39, 0.29) is 5.78 Å². The molecule has 0 saturated carbocycles. The van der Waals surface area contributed by atoms with E-state index in [0.29, 0.717) is 13.1 Å². The summed E-state index contributed by atoms with van der Waals surface area (Å²) in [5.41, 5.74) is 6.35. The average Bonchev–Trinajstić information content (AvgIpc) is 2.58. The summed E-state index contributed by atoms with van der Waals surface area (Å²) in [6.07, 6.45) is 4.09. The van der Waals surface area contributed by atoms with Gasteiger partial charge in [-0.05, 0) is 43.7 Å². The molecule has 0 N–H and O–H groups in total. The van der Waals surface area contributed by atoms with Crippen molar-refractivity contribution >= 4 is 17.9 Å². The highest BCUT2D eigenvalue weighted by Crippen LogP contribution is 2.22. The van der Waals surface area contributed by atoms with Crippen molar-refractivity contribution in [2.75, 3.05) is 19.6 Å². The SMILES string of the molecule is CCN1C/C(=C/c2cccc(C)c2)C(=O)/C(=C/c2cccc(C)c2)C1. The van der Waals surface area contributed by atoms with E-state index in [2.05, 4.69) is 62.1 Å². The minimum atomic E-state index is 0.174. The van der Waals surface area contributed by atoms with E-state index >= 15 is 0 Å². The number of hydrogen-bond donors (Lipinski definition) is 0. The second-order valence-electron chi connectivity index (χ2n) is 6.80. The van der Waals surface area contributed by atoms with Crippen LogP contribution in [0.25, 0.3) is 12.2 Å². The fourth-order valence-corrected chi connectivity index (χ4v) is 3.26. The van der Waals surface area contributed by atoms with Gasteiger partial charge in [-0.1, -0.05) is 66.6 Å². The average molecular weight is 331 g/mol. The Morgan fingerprint density at radius 2 is 1.36 bits per heavy atom. The topological polar surface area (TPSA) is 20.3 Å². The Hall–Kier alpha value is -2.45. The monoisotopic (exact) mass is 331 g/mol. The lowest BCUT2D eigenvalue weighted by atomic mass is 9.94. The number of nitrogens with zero attached hydrogens (tertiary/aromatic N) is 1. The number of Topliss-reactive ketones (excluding diaryl/α,β-unsaturated/α-hetero) is 1. The molecule has 1 aliphatic rings. The van der Waals surface area contributed by atoms with Gasteiger partial charge in [-0.15, -0.1) is 0 Å². The van der Waals surface area contributed by atoms with Crippen LogP contribution in [0, 0.1) is 13.8 Å². The molecular formula is C23H25NO. The maximum Gasteiger partial charge on any atom is 0.187 e. The zero-order chi connectivity index (χ0) is 17.8. The predicted octanol–water partition coefficient (Wildman–Crippen LogP) is 4.68. The Bertz CT molecular complexity index is 777. The van der Waals surface area contributed by atoms with Crippen LogP contribution in [0.1, 0.15) is 29.2 Å². The number of carbonyl (C=O) groups is 1. The van der Waals surface area contributed by atoms with Crippen LogP contribution >= 0.6 is 0 Å². The second-order valence-corrected chi connectivity index (χ2v) is 6.80. The van der Waals surface area contributed by atoms with Crippen molar-refractivity contribution in [1.82, 2.24) is 4.90 Å². The first-order chi connectivity index (χ1) is 12.0. The lowest BCUT2D eigenvalue weighted by molar-refractivity contribution is -0.113. The molecule has 0 aromatic heterocycles. The van der Waals surface area contributed by atoms with Crippen molar-refractivity contribution in [1.29, 1.82) is 0 Å². The van der Waals surface area contributed by atoms with E-state index in [4.69, 9.17) is 0 Å². The van der Waals surface area contributed by atoms with Crippen LogP contribution < -0.4 is 0 Å². The molecule has 0 radical (unpaired) electrons. The highest BCUT2D eigenvalue weighted by Gasteiger charge is 2.25. The lowest BCUT2D eigenvalue weighted by Crippen LogP contribution is -2.37. The summed E-state index contributed by atoms with van der Waals surface area (Å²) in [6, 6.07) is 16.6. The van der Waals surface area contributed by atoms with Gasteiger partial charge in [0.1, 0.15) is 0 Å². The maximum atomic E-state index is 13.0. The Morgan fingerprint density at radius 1 is 0.880 bits per heavy atom. The van der Waals surface area contributed by atoms with Crippen molar-refractivity contribution in [3.05, 3.63) is 81.9 Å². The molecule has 0 bridgehead atoms. The van der Waals surface area contributed by atoms with Crippen molar-refractivity contribution in [3.63, 3.8) is 0 Å². The Labute approximate surface area is 150 Å². The highest BCUT2D eigenvalue weighted by molar-refractivity contribution is 6.14. The maximum absolute atomic E-state index is 13.0. The van der Waals surface area contributed by atoms with Crippen molar-refractivity contribution in [2.24, 2.45) is 0 Å². The number of carbonyl (C=O) groups excluding carboxylic acids is 1. The van der Waals surface area contributed by atoms with Crippen LogP contribution in [0.5, 0.6) is 0 Å². The van der Waals surface area contributed by atoms with Crippen LogP contribution in [0.4, 0.5) is 0 Å². The molecular weight excluding hydrogens is 306 g/mol. The molecule has 1 saturated heterocycles. The Kier molecular flexibility index (Phi) is 5.30. The van der Waals surface area contributed by atoms with Gasteiger partial charge in [0.05, 0.1) is 0 Å². The summed E-state index contributed by atoms with van der Waals surface area (Å²) in [6.45, 7) is 8.66. The molecule has 1 fully saturated rings. The van der Waals surface area contributed by atoms with Gasteiger partial charge in [0.15, 0.2) is 5.78 Å². The van der Waals surface area contributed by atoms with E-state index in [9.17, 15) is 4.79 Å². The zero-order valence-corrected chi connectivity index (χ0v) is 15.3. The normalized spacial score (nSPS) is 18.9. The van der Waals surface area contributed by atoms with Gasteiger partial charge in [0.2, 0.25) is 0 Å². The summed E-state index contributed by atoms with van der Waals surface area (Å²) < 4.78 is 0. The van der Waals surface area contributed by atoms with Gasteiger partial charge in [0.25, 0.3) is 0 Å². The van der Waals surface area contributed by atoms with Crippen molar-refractivity contribution in [3.8, 4) is 0 Å². The number of rotatable bonds is 3. The summed E-state index contributed by atoms with van der Waals surface area (Å²) in [5, 5.41) is 0. The standard InChI is InChI=1S/C23H25NO/c1-4-24-15-21(13-19-9-5-7-17(2)11-19)23(25)22(16-24)14-20-10-6-8-18(3)12-20/h5-14H,4,15-16H2,1-3H3/b21-13-,22-14+. The molecule has 1 heterocycles. The third-order valence-corrected chi connectivity index (χ3v) is 4.58. The van der Waals surface area contributed by atoms with Crippen LogP contribution in [-0.2, 0) is 4.79 Å². The molecule has 2 heteroatoms. The lowest BCUT2D eigenvalue weighted by Gasteiger charge is -2.28. The third-order valence-electron chi connectivity index (χ3n) is 4.58. The Balaban J connectivity index is 1.96. The van der Waals surface area contributed by atoms with Gasteiger partial charge < -0.3 is 0 Å². The smallest absolute Gasteiger partial charge is 0.187 e. The summed E-state index contributed by atoms with van der Waals surface area (Å²) in [5.74, 6) is 0.174. The van der Waals surface area contributed by atoms with Gasteiger partial charge in [0, 0.05) is 24.2 Å². The fraction of sp³-hybridized carbons (Fsp3) is 0.261. The quantitative estimate of drug-likeness (QED) is 0.762. The first kappa shape index (κ1) is 17.4. The predicted molar refractivity (Wildman–Crippen MR) is 105 cm³/mol. The molecule has 2 aromatic rings. The largest absolute Gasteiger partial charge is 0.295 e. The minimum absolute atomic E-state index is 0.174. The molecule has 0 aliphatic carbocycles. The second kappa shape index (κ2) is 7.62. The van der Waals surface area contributed by atoms with E-state index in [1.165, 1.54) is 11.1 Å². The van der Waals surface area contributed by atoms with Gasteiger partial charge in [-0.2, -0.15) is 0 Å². The van der Waals surface area contributed by atoms with E-state index in [1.807, 2.05) is 24.3 Å². The number of piperidine rings is 1. The number of ketones is 1. The molecule has 0 spiro atoms. The van der Waals surface area contributed by atoms with Crippen molar-refractivity contribution in [2.45, 2.75) is 20.8 Å². The molecule has 3 rings (SSSR count). The molecule has 0 unspecified atom stereocenters. The fourth-order valence-electron chi connectivity index (χ4n) is 3.26. The van der Waals surface area contributed by atoms with Gasteiger partial charge >= 0.3 is 0 Å².